The average Bonchev–Trinajstić information content (AvgIpc) is 2.32. The number of aromatic nitrogens is 4. The van der Waals surface area contributed by atoms with Crippen molar-refractivity contribution < 1.29 is 0 Å². The predicted octanol–water partition coefficient (Wildman–Crippen LogP) is 3.30. The van der Waals surface area contributed by atoms with Crippen LogP contribution in [-0.4, -0.2) is 19.9 Å². The Balaban J connectivity index is 2.37. The third-order valence-corrected chi connectivity index (χ3v) is 4.13. The number of rotatable bonds is 2. The van der Waals surface area contributed by atoms with Crippen molar-refractivity contribution in [1.29, 1.82) is 0 Å². The molecule has 0 fully saturated rings. The molecular formula is C12H13ClN4S. The van der Waals surface area contributed by atoms with E-state index in [9.17, 15) is 0 Å². The molecule has 0 saturated carbocycles. The maximum Gasteiger partial charge on any atom is 0.194 e. The van der Waals surface area contributed by atoms with Crippen LogP contribution in [0.25, 0.3) is 0 Å². The first-order chi connectivity index (χ1) is 8.49. The quantitative estimate of drug-likeness (QED) is 0.624. The Morgan fingerprint density at radius 2 is 1.56 bits per heavy atom. The van der Waals surface area contributed by atoms with E-state index in [0.717, 1.165) is 27.5 Å². The van der Waals surface area contributed by atoms with Crippen LogP contribution in [0.4, 0.5) is 0 Å². The summed E-state index contributed by atoms with van der Waals surface area (Å²) in [6.07, 6.45) is 1.45. The third kappa shape index (κ3) is 2.62. The SMILES string of the molecule is Cc1nc(Sc2ncnc(Cl)c2C)nc(C)c1C. The maximum atomic E-state index is 5.96. The fraction of sp³-hybridized carbons (Fsp3) is 0.333. The van der Waals surface area contributed by atoms with Gasteiger partial charge in [-0.3, -0.25) is 0 Å². The van der Waals surface area contributed by atoms with E-state index in [2.05, 4.69) is 19.9 Å². The standard InChI is InChI=1S/C12H13ClN4S/c1-6-8(3)16-12(17-9(6)4)18-11-7(2)10(13)14-5-15-11/h5H,1-4H3. The second-order valence-corrected chi connectivity index (χ2v) is 5.31. The van der Waals surface area contributed by atoms with Crippen LogP contribution >= 0.6 is 23.4 Å². The summed E-state index contributed by atoms with van der Waals surface area (Å²) in [5.74, 6) is 0. The first-order valence-electron chi connectivity index (χ1n) is 5.46. The van der Waals surface area contributed by atoms with Gasteiger partial charge in [-0.2, -0.15) is 0 Å². The monoisotopic (exact) mass is 280 g/mol. The fourth-order valence-electron chi connectivity index (χ4n) is 1.39. The van der Waals surface area contributed by atoms with Gasteiger partial charge in [0.2, 0.25) is 0 Å². The van der Waals surface area contributed by atoms with Crippen LogP contribution in [0.3, 0.4) is 0 Å². The van der Waals surface area contributed by atoms with Crippen LogP contribution in [0, 0.1) is 27.7 Å². The van der Waals surface area contributed by atoms with Gasteiger partial charge in [-0.15, -0.1) is 0 Å². The van der Waals surface area contributed by atoms with Crippen molar-refractivity contribution in [3.05, 3.63) is 34.0 Å². The molecule has 0 amide bonds. The van der Waals surface area contributed by atoms with Crippen LogP contribution in [0.5, 0.6) is 0 Å². The summed E-state index contributed by atoms with van der Waals surface area (Å²) >= 11 is 7.37. The van der Waals surface area contributed by atoms with E-state index in [1.165, 1.54) is 18.1 Å². The van der Waals surface area contributed by atoms with E-state index in [1.807, 2.05) is 27.7 Å². The molecule has 0 N–H and O–H groups in total. The van der Waals surface area contributed by atoms with Gasteiger partial charge in [0.25, 0.3) is 0 Å². The molecular weight excluding hydrogens is 268 g/mol. The molecule has 0 radical (unpaired) electrons. The minimum Gasteiger partial charge on any atom is -0.229 e. The van der Waals surface area contributed by atoms with Crippen molar-refractivity contribution in [3.63, 3.8) is 0 Å². The zero-order chi connectivity index (χ0) is 13.3. The van der Waals surface area contributed by atoms with Crippen LogP contribution in [-0.2, 0) is 0 Å². The highest BCUT2D eigenvalue weighted by molar-refractivity contribution is 7.99. The van der Waals surface area contributed by atoms with Gasteiger partial charge in [-0.25, -0.2) is 19.9 Å². The number of hydrogen-bond acceptors (Lipinski definition) is 5. The van der Waals surface area contributed by atoms with Crippen LogP contribution in [0.1, 0.15) is 22.5 Å². The summed E-state index contributed by atoms with van der Waals surface area (Å²) in [6.45, 7) is 7.87. The Bertz CT molecular complexity index is 578. The Morgan fingerprint density at radius 1 is 0.944 bits per heavy atom. The lowest BCUT2D eigenvalue weighted by Gasteiger charge is -2.07. The van der Waals surface area contributed by atoms with E-state index >= 15 is 0 Å². The highest BCUT2D eigenvalue weighted by atomic mass is 35.5. The van der Waals surface area contributed by atoms with E-state index < -0.39 is 0 Å². The Hall–Kier alpha value is -1.20. The Kier molecular flexibility index (Phi) is 3.82. The number of halogens is 1. The van der Waals surface area contributed by atoms with Crippen molar-refractivity contribution in [2.24, 2.45) is 0 Å². The predicted molar refractivity (Wildman–Crippen MR) is 72.1 cm³/mol. The van der Waals surface area contributed by atoms with E-state index in [1.54, 1.807) is 0 Å². The molecule has 18 heavy (non-hydrogen) atoms. The van der Waals surface area contributed by atoms with E-state index in [0.29, 0.717) is 10.3 Å². The van der Waals surface area contributed by atoms with Crippen LogP contribution in [0.2, 0.25) is 5.15 Å². The molecule has 94 valence electrons. The van der Waals surface area contributed by atoms with Crippen molar-refractivity contribution in [3.8, 4) is 0 Å². The molecule has 2 rings (SSSR count). The van der Waals surface area contributed by atoms with Gasteiger partial charge < -0.3 is 0 Å². The van der Waals surface area contributed by atoms with Gasteiger partial charge in [0.1, 0.15) is 16.5 Å². The summed E-state index contributed by atoms with van der Waals surface area (Å²) in [5, 5.41) is 1.94. The molecule has 0 aliphatic carbocycles. The second-order valence-electron chi connectivity index (χ2n) is 4.00. The van der Waals surface area contributed by atoms with Gasteiger partial charge in [0, 0.05) is 17.0 Å². The van der Waals surface area contributed by atoms with Crippen molar-refractivity contribution in [1.82, 2.24) is 19.9 Å². The lowest BCUT2D eigenvalue weighted by atomic mass is 10.2. The minimum atomic E-state index is 0.466. The topological polar surface area (TPSA) is 51.6 Å². The van der Waals surface area contributed by atoms with Crippen LogP contribution < -0.4 is 0 Å². The zero-order valence-corrected chi connectivity index (χ0v) is 12.2. The summed E-state index contributed by atoms with van der Waals surface area (Å²) in [5.41, 5.74) is 3.95. The van der Waals surface area contributed by atoms with Crippen molar-refractivity contribution >= 4 is 23.4 Å². The van der Waals surface area contributed by atoms with E-state index in [-0.39, 0.29) is 0 Å². The van der Waals surface area contributed by atoms with Gasteiger partial charge in [0.15, 0.2) is 5.16 Å². The fourth-order valence-corrected chi connectivity index (χ4v) is 2.47. The van der Waals surface area contributed by atoms with Crippen molar-refractivity contribution in [2.75, 3.05) is 0 Å². The van der Waals surface area contributed by atoms with Crippen molar-refractivity contribution in [2.45, 2.75) is 37.9 Å². The molecule has 6 heteroatoms. The lowest BCUT2D eigenvalue weighted by molar-refractivity contribution is 0.875. The summed E-state index contributed by atoms with van der Waals surface area (Å²) < 4.78 is 0. The molecule has 0 spiro atoms. The van der Waals surface area contributed by atoms with Gasteiger partial charge in [0.05, 0.1) is 0 Å². The van der Waals surface area contributed by atoms with Crippen LogP contribution in [0.15, 0.2) is 16.5 Å². The molecule has 2 heterocycles. The van der Waals surface area contributed by atoms with E-state index in [4.69, 9.17) is 11.6 Å². The number of aryl methyl sites for hydroxylation is 2. The number of nitrogens with zero attached hydrogens (tertiary/aromatic N) is 4. The molecule has 0 aliphatic rings. The summed E-state index contributed by atoms with van der Waals surface area (Å²) in [7, 11) is 0. The Labute approximate surface area is 115 Å². The van der Waals surface area contributed by atoms with Gasteiger partial charge in [-0.05, 0) is 45.0 Å². The summed E-state index contributed by atoms with van der Waals surface area (Å²) in [4.78, 5) is 17.0. The zero-order valence-electron chi connectivity index (χ0n) is 10.7. The smallest absolute Gasteiger partial charge is 0.194 e. The minimum absolute atomic E-state index is 0.466. The molecule has 2 aromatic rings. The molecule has 0 unspecified atom stereocenters. The molecule has 0 aromatic carbocycles. The molecule has 0 atom stereocenters. The maximum absolute atomic E-state index is 5.96. The summed E-state index contributed by atoms with van der Waals surface area (Å²) in [6, 6.07) is 0. The second kappa shape index (κ2) is 5.20. The first-order valence-corrected chi connectivity index (χ1v) is 6.65. The Morgan fingerprint density at radius 3 is 2.17 bits per heavy atom. The molecule has 4 nitrogen and oxygen atoms in total. The highest BCUT2D eigenvalue weighted by Gasteiger charge is 2.11. The first kappa shape index (κ1) is 13.2. The normalized spacial score (nSPS) is 10.7. The molecule has 0 bridgehead atoms. The largest absolute Gasteiger partial charge is 0.229 e. The molecule has 0 aliphatic heterocycles. The lowest BCUT2D eigenvalue weighted by Crippen LogP contribution is -1.99. The third-order valence-electron chi connectivity index (χ3n) is 2.78. The van der Waals surface area contributed by atoms with Gasteiger partial charge in [-0.1, -0.05) is 11.6 Å². The number of hydrogen-bond donors (Lipinski definition) is 0. The average molecular weight is 281 g/mol. The van der Waals surface area contributed by atoms with Gasteiger partial charge >= 0.3 is 0 Å². The molecule has 2 aromatic heterocycles. The molecule has 0 saturated heterocycles. The highest BCUT2D eigenvalue weighted by Crippen LogP contribution is 2.28.